The van der Waals surface area contributed by atoms with E-state index in [-0.39, 0.29) is 5.95 Å². The van der Waals surface area contributed by atoms with Crippen LogP contribution >= 0.6 is 0 Å². The fraction of sp³-hybridized carbons (Fsp3) is 0.273. The lowest BCUT2D eigenvalue weighted by molar-refractivity contribution is -0.277. The molecule has 1 saturated heterocycles. The van der Waals surface area contributed by atoms with Gasteiger partial charge < -0.3 is 35.6 Å². The van der Waals surface area contributed by atoms with Crippen molar-refractivity contribution < 1.29 is 29.9 Å². The highest BCUT2D eigenvalue weighted by Crippen LogP contribution is 2.28. The molecule has 9 heteroatoms. The highest BCUT2D eigenvalue weighted by molar-refractivity contribution is 5.69. The van der Waals surface area contributed by atoms with Gasteiger partial charge in [0.05, 0.1) is 18.0 Å². The minimum Gasteiger partial charge on any atom is -0.462 e. The van der Waals surface area contributed by atoms with Crippen molar-refractivity contribution in [2.45, 2.75) is 30.7 Å². The van der Waals surface area contributed by atoms with E-state index in [1.165, 1.54) is 0 Å². The number of ether oxygens (including phenoxy) is 2. The van der Waals surface area contributed by atoms with Gasteiger partial charge in [-0.1, -0.05) is 30.3 Å². The third-order valence-corrected chi connectivity index (χ3v) is 5.06. The molecule has 6 N–H and O–H groups in total. The largest absolute Gasteiger partial charge is 0.462 e. The van der Waals surface area contributed by atoms with Crippen molar-refractivity contribution in [3.63, 3.8) is 0 Å². The molecule has 0 unspecified atom stereocenters. The van der Waals surface area contributed by atoms with E-state index in [0.29, 0.717) is 17.1 Å². The molecule has 31 heavy (non-hydrogen) atoms. The van der Waals surface area contributed by atoms with Crippen LogP contribution in [0.25, 0.3) is 22.5 Å². The highest BCUT2D eigenvalue weighted by Gasteiger charge is 2.44. The summed E-state index contributed by atoms with van der Waals surface area (Å²) in [7, 11) is 0. The molecule has 0 saturated carbocycles. The number of nitrogen functional groups attached to an aromatic ring is 1. The Morgan fingerprint density at radius 2 is 1.45 bits per heavy atom. The summed E-state index contributed by atoms with van der Waals surface area (Å²) in [5.74, 6) is 0.511. The number of aromatic nitrogens is 2. The fourth-order valence-corrected chi connectivity index (χ4v) is 3.37. The maximum Gasteiger partial charge on any atom is 0.229 e. The third kappa shape index (κ3) is 4.50. The number of nitrogens with two attached hydrogens (primary N) is 1. The van der Waals surface area contributed by atoms with Crippen LogP contribution in [0.5, 0.6) is 5.75 Å². The van der Waals surface area contributed by atoms with E-state index >= 15 is 0 Å². The van der Waals surface area contributed by atoms with Crippen molar-refractivity contribution in [2.75, 3.05) is 12.3 Å². The predicted octanol–water partition coefficient (Wildman–Crippen LogP) is 0.571. The van der Waals surface area contributed by atoms with Crippen molar-refractivity contribution in [2.24, 2.45) is 0 Å². The second-order valence-electron chi connectivity index (χ2n) is 7.20. The Bertz CT molecular complexity index is 1020. The summed E-state index contributed by atoms with van der Waals surface area (Å²) in [6.07, 6.45) is -6.71. The summed E-state index contributed by atoms with van der Waals surface area (Å²) in [5.41, 5.74) is 8.91. The van der Waals surface area contributed by atoms with Gasteiger partial charge in [0.25, 0.3) is 0 Å². The molecular formula is C22H23N3O6. The number of aliphatic hydroxyl groups excluding tert-OH is 4. The first-order valence-corrected chi connectivity index (χ1v) is 9.74. The van der Waals surface area contributed by atoms with E-state index in [2.05, 4.69) is 9.97 Å². The lowest BCUT2D eigenvalue weighted by Crippen LogP contribution is -2.60. The minimum absolute atomic E-state index is 0.151. The Hall–Kier alpha value is -3.08. The van der Waals surface area contributed by atoms with Crippen molar-refractivity contribution >= 4 is 5.95 Å². The van der Waals surface area contributed by atoms with Gasteiger partial charge in [-0.25, -0.2) is 9.97 Å². The zero-order chi connectivity index (χ0) is 22.0. The second kappa shape index (κ2) is 8.96. The van der Waals surface area contributed by atoms with Gasteiger partial charge in [-0.05, 0) is 30.3 Å². The summed E-state index contributed by atoms with van der Waals surface area (Å²) in [5, 5.41) is 39.1. The first-order chi connectivity index (χ1) is 15.0. The van der Waals surface area contributed by atoms with Crippen LogP contribution in [0.1, 0.15) is 0 Å². The van der Waals surface area contributed by atoms with Gasteiger partial charge in [0.1, 0.15) is 30.2 Å². The van der Waals surface area contributed by atoms with Crippen LogP contribution in [0, 0.1) is 0 Å². The van der Waals surface area contributed by atoms with Gasteiger partial charge >= 0.3 is 0 Å². The molecule has 1 aliphatic heterocycles. The molecule has 4 rings (SSSR count). The average molecular weight is 425 g/mol. The van der Waals surface area contributed by atoms with Crippen molar-refractivity contribution in [3.8, 4) is 28.3 Å². The summed E-state index contributed by atoms with van der Waals surface area (Å²) in [6, 6.07) is 18.3. The highest BCUT2D eigenvalue weighted by atomic mass is 16.7. The molecule has 1 aromatic heterocycles. The van der Waals surface area contributed by atoms with E-state index in [1.54, 1.807) is 24.3 Å². The summed E-state index contributed by atoms with van der Waals surface area (Å²) < 4.78 is 11.0. The molecule has 1 fully saturated rings. The zero-order valence-electron chi connectivity index (χ0n) is 16.4. The van der Waals surface area contributed by atoms with E-state index in [9.17, 15) is 20.4 Å². The monoisotopic (exact) mass is 425 g/mol. The van der Waals surface area contributed by atoms with E-state index in [0.717, 1.165) is 11.1 Å². The topological polar surface area (TPSA) is 151 Å². The number of aliphatic hydroxyl groups is 4. The molecule has 0 radical (unpaired) electrons. The molecule has 5 atom stereocenters. The fourth-order valence-electron chi connectivity index (χ4n) is 3.37. The van der Waals surface area contributed by atoms with E-state index in [4.69, 9.17) is 15.2 Å². The molecule has 2 aromatic carbocycles. The van der Waals surface area contributed by atoms with Crippen LogP contribution in [0.15, 0.2) is 60.7 Å². The van der Waals surface area contributed by atoms with E-state index in [1.807, 2.05) is 36.4 Å². The number of hydrogen-bond acceptors (Lipinski definition) is 9. The van der Waals surface area contributed by atoms with Crippen LogP contribution in [0.2, 0.25) is 0 Å². The molecule has 2 heterocycles. The molecule has 3 aromatic rings. The normalized spacial score (nSPS) is 25.9. The van der Waals surface area contributed by atoms with E-state index < -0.39 is 37.3 Å². The molecule has 0 amide bonds. The van der Waals surface area contributed by atoms with Crippen LogP contribution in [-0.4, -0.2) is 67.7 Å². The number of anilines is 1. The van der Waals surface area contributed by atoms with Gasteiger partial charge in [-0.15, -0.1) is 0 Å². The molecule has 1 aliphatic rings. The molecular weight excluding hydrogens is 402 g/mol. The Balaban J connectivity index is 1.53. The molecule has 9 nitrogen and oxygen atoms in total. The summed E-state index contributed by atoms with van der Waals surface area (Å²) in [4.78, 5) is 8.59. The zero-order valence-corrected chi connectivity index (χ0v) is 16.4. The van der Waals surface area contributed by atoms with Gasteiger partial charge in [0.2, 0.25) is 12.2 Å². The van der Waals surface area contributed by atoms with Crippen molar-refractivity contribution in [1.82, 2.24) is 9.97 Å². The number of nitrogens with zero attached hydrogens (tertiary/aromatic N) is 2. The molecule has 0 aliphatic carbocycles. The lowest BCUT2D eigenvalue weighted by atomic mass is 9.99. The number of rotatable bonds is 5. The quantitative estimate of drug-likeness (QED) is 0.395. The Kier molecular flexibility index (Phi) is 6.12. The summed E-state index contributed by atoms with van der Waals surface area (Å²) in [6.45, 7) is -0.525. The van der Waals surface area contributed by atoms with Crippen LogP contribution in [-0.2, 0) is 4.74 Å². The lowest BCUT2D eigenvalue weighted by Gasteiger charge is -2.39. The van der Waals surface area contributed by atoms with Crippen molar-refractivity contribution in [3.05, 3.63) is 60.7 Å². The average Bonchev–Trinajstić information content (AvgIpc) is 2.80. The third-order valence-electron chi connectivity index (χ3n) is 5.06. The minimum atomic E-state index is -1.50. The Labute approximate surface area is 178 Å². The maximum absolute atomic E-state index is 10.1. The standard InChI is InChI=1S/C22H23N3O6/c23-22-24-15(12-4-2-1-3-5-12)10-16(25-22)13-6-8-14(9-7-13)30-21-20(29)19(28)18(27)17(11-26)31-21/h1-10,17-21,26-29H,11H2,(H2,23,24,25)/t17-,18-,19-,20-,21-/m1/s1. The Morgan fingerprint density at radius 1 is 0.839 bits per heavy atom. The van der Waals surface area contributed by atoms with Crippen LogP contribution in [0.3, 0.4) is 0 Å². The first kappa shape index (κ1) is 21.2. The summed E-state index contributed by atoms with van der Waals surface area (Å²) >= 11 is 0. The Morgan fingerprint density at radius 3 is 2.06 bits per heavy atom. The van der Waals surface area contributed by atoms with Crippen LogP contribution < -0.4 is 10.5 Å². The molecule has 162 valence electrons. The van der Waals surface area contributed by atoms with Gasteiger partial charge in [-0.2, -0.15) is 0 Å². The van der Waals surface area contributed by atoms with Gasteiger partial charge in [-0.3, -0.25) is 0 Å². The number of benzene rings is 2. The molecule has 0 bridgehead atoms. The number of hydrogen-bond donors (Lipinski definition) is 5. The SMILES string of the molecule is Nc1nc(-c2ccccc2)cc(-c2ccc(O[C@@H]3O[C@H](CO)[C@@H](O)[C@@H](O)[C@H]3O)cc2)n1. The maximum atomic E-state index is 10.1. The van der Waals surface area contributed by atoms with Gasteiger partial charge in [0.15, 0.2) is 0 Å². The van der Waals surface area contributed by atoms with Gasteiger partial charge in [0, 0.05) is 11.1 Å². The smallest absolute Gasteiger partial charge is 0.229 e. The molecule has 0 spiro atoms. The second-order valence-corrected chi connectivity index (χ2v) is 7.20. The predicted molar refractivity (Wildman–Crippen MR) is 112 cm³/mol. The first-order valence-electron chi connectivity index (χ1n) is 9.74. The van der Waals surface area contributed by atoms with Crippen molar-refractivity contribution in [1.29, 1.82) is 0 Å². The van der Waals surface area contributed by atoms with Crippen LogP contribution in [0.4, 0.5) is 5.95 Å².